The van der Waals surface area contributed by atoms with Crippen LogP contribution in [0.2, 0.25) is 0 Å². The molecule has 0 saturated carbocycles. The van der Waals surface area contributed by atoms with Crippen LogP contribution >= 0.6 is 0 Å². The molecule has 2 aromatic heterocycles. The van der Waals surface area contributed by atoms with E-state index in [-0.39, 0.29) is 5.91 Å². The molecule has 1 amide bonds. The lowest BCUT2D eigenvalue weighted by Crippen LogP contribution is -2.44. The van der Waals surface area contributed by atoms with E-state index in [0.29, 0.717) is 6.42 Å². The van der Waals surface area contributed by atoms with Crippen LogP contribution in [0.1, 0.15) is 29.3 Å². The maximum absolute atomic E-state index is 13.0. The van der Waals surface area contributed by atoms with Gasteiger partial charge in [0.25, 0.3) is 0 Å². The smallest absolute Gasteiger partial charge is 0.235 e. The number of aromatic amines is 1. The van der Waals surface area contributed by atoms with E-state index in [9.17, 15) is 4.79 Å². The summed E-state index contributed by atoms with van der Waals surface area (Å²) in [5, 5.41) is 11.8. The van der Waals surface area contributed by atoms with Gasteiger partial charge in [-0.2, -0.15) is 5.10 Å². The standard InChI is InChI=1S/C30H32N6O2/c1-30(24-17-22(38-3)7-10-26(24)32-29(30)37)18-21-4-8-23-25(33-34-27(23)16-21)9-5-20-6-11-28(31-19-20)36-14-12-35(2)13-15-36/h4-11,16-17,19H,12-15,18H2,1-3H3,(H,32,37)(H,33,34)/b9-5+/t30-/m1/s1. The minimum Gasteiger partial charge on any atom is -0.497 e. The average molecular weight is 509 g/mol. The molecule has 38 heavy (non-hydrogen) atoms. The Kier molecular flexibility index (Phi) is 6.12. The lowest BCUT2D eigenvalue weighted by atomic mass is 9.78. The van der Waals surface area contributed by atoms with Crippen LogP contribution in [0.4, 0.5) is 11.5 Å². The van der Waals surface area contributed by atoms with Gasteiger partial charge in [0.15, 0.2) is 0 Å². The summed E-state index contributed by atoms with van der Waals surface area (Å²) in [6.45, 7) is 6.12. The topological polar surface area (TPSA) is 86.4 Å². The number of fused-ring (bicyclic) bond motifs is 2. The zero-order chi connectivity index (χ0) is 26.3. The summed E-state index contributed by atoms with van der Waals surface area (Å²) in [5.74, 6) is 1.77. The molecular formula is C30H32N6O2. The Hall–Kier alpha value is -4.17. The summed E-state index contributed by atoms with van der Waals surface area (Å²) in [5.41, 5.74) is 5.04. The number of hydrogen-bond donors (Lipinski definition) is 2. The third-order valence-corrected chi connectivity index (χ3v) is 7.82. The van der Waals surface area contributed by atoms with E-state index >= 15 is 0 Å². The van der Waals surface area contributed by atoms with Crippen molar-refractivity contribution >= 4 is 40.5 Å². The first-order valence-corrected chi connectivity index (χ1v) is 13.0. The third-order valence-electron chi connectivity index (χ3n) is 7.82. The lowest BCUT2D eigenvalue weighted by Gasteiger charge is -2.33. The molecule has 2 aliphatic heterocycles. The normalized spacial score (nSPS) is 19.8. The first-order chi connectivity index (χ1) is 18.4. The second kappa shape index (κ2) is 9.61. The number of aromatic nitrogens is 3. The second-order valence-corrected chi connectivity index (χ2v) is 10.4. The van der Waals surface area contributed by atoms with Crippen LogP contribution < -0.4 is 15.0 Å². The van der Waals surface area contributed by atoms with Crippen molar-refractivity contribution in [2.24, 2.45) is 0 Å². The SMILES string of the molecule is COc1ccc2c(c1)[C@@](C)(Cc1ccc3c(/C=C/c4ccc(N5CCN(C)CC5)nc4)n[nH]c3c1)C(=O)N2. The zero-order valence-electron chi connectivity index (χ0n) is 22.0. The first kappa shape index (κ1) is 24.2. The fraction of sp³-hybridized carbons (Fsp3) is 0.300. The minimum absolute atomic E-state index is 0.00124. The molecule has 2 aliphatic rings. The number of pyridine rings is 1. The summed E-state index contributed by atoms with van der Waals surface area (Å²) >= 11 is 0. The van der Waals surface area contributed by atoms with Crippen molar-refractivity contribution < 1.29 is 9.53 Å². The fourth-order valence-electron chi connectivity index (χ4n) is 5.40. The van der Waals surface area contributed by atoms with E-state index in [1.165, 1.54) is 0 Å². The summed E-state index contributed by atoms with van der Waals surface area (Å²) in [6, 6.07) is 16.2. The number of nitrogens with zero attached hydrogens (tertiary/aromatic N) is 4. The number of carbonyl (C=O) groups excluding carboxylic acids is 1. The largest absolute Gasteiger partial charge is 0.497 e. The number of carbonyl (C=O) groups is 1. The van der Waals surface area contributed by atoms with Gasteiger partial charge in [0, 0.05) is 43.4 Å². The van der Waals surface area contributed by atoms with Crippen LogP contribution in [0.15, 0.2) is 54.7 Å². The zero-order valence-corrected chi connectivity index (χ0v) is 22.0. The molecule has 0 spiro atoms. The molecule has 0 bridgehead atoms. The number of piperazine rings is 1. The van der Waals surface area contributed by atoms with E-state index < -0.39 is 5.41 Å². The number of anilines is 2. The predicted octanol–water partition coefficient (Wildman–Crippen LogP) is 4.34. The summed E-state index contributed by atoms with van der Waals surface area (Å²) in [7, 11) is 3.80. The van der Waals surface area contributed by atoms with Gasteiger partial charge < -0.3 is 19.9 Å². The highest BCUT2D eigenvalue weighted by Crippen LogP contribution is 2.42. The van der Waals surface area contributed by atoms with Crippen LogP contribution in [-0.4, -0.2) is 66.3 Å². The molecule has 1 saturated heterocycles. The van der Waals surface area contributed by atoms with Gasteiger partial charge in [-0.1, -0.05) is 18.2 Å². The molecule has 0 radical (unpaired) electrons. The molecule has 2 aromatic carbocycles. The number of rotatable bonds is 6. The second-order valence-electron chi connectivity index (χ2n) is 10.4. The van der Waals surface area contributed by atoms with Crippen LogP contribution in [0.5, 0.6) is 5.75 Å². The fourth-order valence-corrected chi connectivity index (χ4v) is 5.40. The molecular weight excluding hydrogens is 476 g/mol. The summed E-state index contributed by atoms with van der Waals surface area (Å²) < 4.78 is 5.40. The van der Waals surface area contributed by atoms with Crippen LogP contribution in [-0.2, 0) is 16.6 Å². The third kappa shape index (κ3) is 4.41. The Morgan fingerprint density at radius 2 is 1.89 bits per heavy atom. The molecule has 8 heteroatoms. The highest BCUT2D eigenvalue weighted by molar-refractivity contribution is 6.06. The molecule has 1 atom stereocenters. The molecule has 0 aliphatic carbocycles. The van der Waals surface area contributed by atoms with E-state index in [1.807, 2.05) is 43.5 Å². The Bertz CT molecular complexity index is 1520. The van der Waals surface area contributed by atoms with Crippen LogP contribution in [0.25, 0.3) is 23.1 Å². The van der Waals surface area contributed by atoms with Crippen LogP contribution in [0.3, 0.4) is 0 Å². The predicted molar refractivity (Wildman–Crippen MR) is 152 cm³/mol. The first-order valence-electron chi connectivity index (χ1n) is 13.0. The van der Waals surface area contributed by atoms with Crippen LogP contribution in [0, 0.1) is 0 Å². The highest BCUT2D eigenvalue weighted by atomic mass is 16.5. The monoisotopic (exact) mass is 508 g/mol. The number of amides is 1. The molecule has 4 heterocycles. The van der Waals surface area contributed by atoms with Gasteiger partial charge >= 0.3 is 0 Å². The Balaban J connectivity index is 1.19. The molecule has 1 fully saturated rings. The number of methoxy groups -OCH3 is 1. The number of benzene rings is 2. The molecule has 0 unspecified atom stereocenters. The van der Waals surface area contributed by atoms with Crippen molar-refractivity contribution in [2.75, 3.05) is 50.6 Å². The van der Waals surface area contributed by atoms with Crippen molar-refractivity contribution in [3.05, 3.63) is 77.1 Å². The van der Waals surface area contributed by atoms with E-state index in [0.717, 1.165) is 76.7 Å². The lowest BCUT2D eigenvalue weighted by molar-refractivity contribution is -0.120. The number of likely N-dealkylation sites (N-methyl/N-ethyl adjacent to an activating group) is 1. The van der Waals surface area contributed by atoms with Crippen molar-refractivity contribution in [2.45, 2.75) is 18.8 Å². The van der Waals surface area contributed by atoms with Crippen molar-refractivity contribution in [1.82, 2.24) is 20.1 Å². The summed E-state index contributed by atoms with van der Waals surface area (Å²) in [4.78, 5) is 22.3. The Morgan fingerprint density at radius 1 is 1.05 bits per heavy atom. The minimum atomic E-state index is -0.677. The van der Waals surface area contributed by atoms with Crippen molar-refractivity contribution in [3.63, 3.8) is 0 Å². The number of H-pyrrole nitrogens is 1. The number of nitrogens with one attached hydrogen (secondary N) is 2. The Morgan fingerprint density at radius 3 is 2.66 bits per heavy atom. The quantitative estimate of drug-likeness (QED) is 0.403. The molecule has 194 valence electrons. The van der Waals surface area contributed by atoms with Gasteiger partial charge in [-0.3, -0.25) is 9.89 Å². The molecule has 4 aromatic rings. The van der Waals surface area contributed by atoms with Crippen molar-refractivity contribution in [3.8, 4) is 5.75 Å². The van der Waals surface area contributed by atoms with Gasteiger partial charge in [0.1, 0.15) is 11.6 Å². The summed E-state index contributed by atoms with van der Waals surface area (Å²) in [6.07, 6.45) is 6.54. The van der Waals surface area contributed by atoms with Gasteiger partial charge in [0.05, 0.1) is 23.7 Å². The average Bonchev–Trinajstić information content (AvgIpc) is 3.45. The molecule has 2 N–H and O–H groups in total. The van der Waals surface area contributed by atoms with E-state index in [1.54, 1.807) is 7.11 Å². The van der Waals surface area contributed by atoms with Gasteiger partial charge in [-0.05, 0) is 79.6 Å². The van der Waals surface area contributed by atoms with E-state index in [2.05, 4.69) is 67.7 Å². The molecule has 8 nitrogen and oxygen atoms in total. The van der Waals surface area contributed by atoms with Gasteiger partial charge in [-0.15, -0.1) is 0 Å². The number of hydrogen-bond acceptors (Lipinski definition) is 6. The number of ether oxygens (including phenoxy) is 1. The van der Waals surface area contributed by atoms with E-state index in [4.69, 9.17) is 4.74 Å². The molecule has 6 rings (SSSR count). The van der Waals surface area contributed by atoms with Gasteiger partial charge in [-0.25, -0.2) is 4.98 Å². The highest BCUT2D eigenvalue weighted by Gasteiger charge is 2.43. The maximum atomic E-state index is 13.0. The van der Waals surface area contributed by atoms with Crippen molar-refractivity contribution in [1.29, 1.82) is 0 Å². The van der Waals surface area contributed by atoms with Gasteiger partial charge in [0.2, 0.25) is 5.91 Å². The maximum Gasteiger partial charge on any atom is 0.235 e. The Labute approximate surface area is 222 Å².